The Bertz CT molecular complexity index is 670. The van der Waals surface area contributed by atoms with Crippen molar-refractivity contribution in [2.45, 2.75) is 13.3 Å². The highest BCUT2D eigenvalue weighted by molar-refractivity contribution is 9.10. The summed E-state index contributed by atoms with van der Waals surface area (Å²) in [7, 11) is 1.39. The van der Waals surface area contributed by atoms with Crippen LogP contribution in [0.2, 0.25) is 0 Å². The lowest BCUT2D eigenvalue weighted by Crippen LogP contribution is -2.13. The number of methoxy groups -OCH3 is 1. The summed E-state index contributed by atoms with van der Waals surface area (Å²) in [5.74, 6) is 0.0471. The molecular weight excluding hydrogens is 315 g/mol. The predicted octanol–water partition coefficient (Wildman–Crippen LogP) is 2.91. The van der Waals surface area contributed by atoms with Gasteiger partial charge in [-0.2, -0.15) is 0 Å². The summed E-state index contributed by atoms with van der Waals surface area (Å²) in [6.07, 6.45) is 0.621. The van der Waals surface area contributed by atoms with Gasteiger partial charge in [0, 0.05) is 5.56 Å². The monoisotopic (exact) mass is 326 g/mol. The van der Waals surface area contributed by atoms with E-state index in [9.17, 15) is 9.18 Å². The van der Waals surface area contributed by atoms with Crippen LogP contribution in [-0.4, -0.2) is 17.1 Å². The van der Waals surface area contributed by atoms with Crippen LogP contribution in [0.4, 0.5) is 4.39 Å². The molecule has 0 aliphatic heterocycles. The molecule has 1 heterocycles. The molecule has 1 aromatic carbocycles. The molecule has 0 spiro atoms. The maximum absolute atomic E-state index is 13.3. The van der Waals surface area contributed by atoms with Gasteiger partial charge in [-0.3, -0.25) is 4.79 Å². The molecule has 1 N–H and O–H groups in total. The fourth-order valence-corrected chi connectivity index (χ4v) is 2.15. The summed E-state index contributed by atoms with van der Waals surface area (Å²) in [4.78, 5) is 18.8. The quantitative estimate of drug-likeness (QED) is 0.943. The zero-order valence-electron chi connectivity index (χ0n) is 10.5. The maximum Gasteiger partial charge on any atom is 0.265 e. The van der Waals surface area contributed by atoms with Crippen molar-refractivity contribution in [1.29, 1.82) is 0 Å². The first-order chi connectivity index (χ1) is 9.06. The highest BCUT2D eigenvalue weighted by Crippen LogP contribution is 2.24. The van der Waals surface area contributed by atoms with E-state index in [1.165, 1.54) is 19.2 Å². The third-order valence-corrected chi connectivity index (χ3v) is 3.51. The van der Waals surface area contributed by atoms with Crippen molar-refractivity contribution in [1.82, 2.24) is 9.97 Å². The van der Waals surface area contributed by atoms with Gasteiger partial charge in [0.1, 0.15) is 10.3 Å². The van der Waals surface area contributed by atoms with E-state index in [4.69, 9.17) is 4.74 Å². The lowest BCUT2D eigenvalue weighted by molar-refractivity contribution is 0.386. The van der Waals surface area contributed by atoms with Crippen molar-refractivity contribution in [3.05, 3.63) is 44.5 Å². The zero-order valence-corrected chi connectivity index (χ0v) is 12.0. The first-order valence-corrected chi connectivity index (χ1v) is 6.48. The van der Waals surface area contributed by atoms with Gasteiger partial charge in [0.2, 0.25) is 0 Å². The van der Waals surface area contributed by atoms with Gasteiger partial charge in [-0.05, 0) is 40.5 Å². The second-order valence-corrected chi connectivity index (χ2v) is 4.67. The van der Waals surface area contributed by atoms with Crippen molar-refractivity contribution >= 4 is 15.9 Å². The Morgan fingerprint density at radius 1 is 1.47 bits per heavy atom. The molecule has 6 heteroatoms. The molecule has 19 heavy (non-hydrogen) atoms. The first kappa shape index (κ1) is 13.7. The smallest absolute Gasteiger partial charge is 0.265 e. The number of aryl methyl sites for hydroxylation is 1. The van der Waals surface area contributed by atoms with Gasteiger partial charge in [-0.1, -0.05) is 6.92 Å². The lowest BCUT2D eigenvalue weighted by Gasteiger charge is -2.07. The van der Waals surface area contributed by atoms with E-state index in [1.54, 1.807) is 6.07 Å². The molecule has 0 unspecified atom stereocenters. The Hall–Kier alpha value is -1.69. The van der Waals surface area contributed by atoms with Crippen LogP contribution in [0, 0.1) is 5.82 Å². The summed E-state index contributed by atoms with van der Waals surface area (Å²) in [5, 5.41) is 0. The lowest BCUT2D eigenvalue weighted by atomic mass is 10.2. The molecule has 100 valence electrons. The Kier molecular flexibility index (Phi) is 3.99. The Balaban J connectivity index is 2.59. The molecule has 0 fully saturated rings. The molecule has 2 aromatic rings. The minimum Gasteiger partial charge on any atom is -0.494 e. The van der Waals surface area contributed by atoms with Gasteiger partial charge in [-0.15, -0.1) is 0 Å². The average Bonchev–Trinajstić information content (AvgIpc) is 2.42. The van der Waals surface area contributed by atoms with E-state index in [0.717, 1.165) is 0 Å². The van der Waals surface area contributed by atoms with Crippen molar-refractivity contribution in [3.8, 4) is 17.1 Å². The number of benzene rings is 1. The summed E-state index contributed by atoms with van der Waals surface area (Å²) in [6, 6.07) is 4.33. The number of nitrogens with zero attached hydrogens (tertiary/aromatic N) is 1. The van der Waals surface area contributed by atoms with Gasteiger partial charge in [0.25, 0.3) is 5.56 Å². The number of H-pyrrole nitrogens is 1. The molecule has 0 saturated carbocycles. The van der Waals surface area contributed by atoms with Crippen LogP contribution in [0.25, 0.3) is 11.4 Å². The minimum absolute atomic E-state index is 0.112. The Morgan fingerprint density at radius 2 is 2.21 bits per heavy atom. The first-order valence-electron chi connectivity index (χ1n) is 5.69. The van der Waals surface area contributed by atoms with Crippen molar-refractivity contribution in [2.75, 3.05) is 7.11 Å². The molecule has 4 nitrogen and oxygen atoms in total. The van der Waals surface area contributed by atoms with Crippen LogP contribution in [0.1, 0.15) is 12.6 Å². The fraction of sp³-hybridized carbons (Fsp3) is 0.231. The number of halogens is 2. The standard InChI is InChI=1S/C13H12BrFN2O2/c1-3-9-11(14)13(18)17-12(16-9)7-4-5-8(15)10(6-7)19-2/h4-6H,3H2,1-2H3,(H,16,17,18). The number of hydrogen-bond acceptors (Lipinski definition) is 3. The molecule has 0 atom stereocenters. The second-order valence-electron chi connectivity index (χ2n) is 3.88. The van der Waals surface area contributed by atoms with Crippen LogP contribution in [-0.2, 0) is 6.42 Å². The highest BCUT2D eigenvalue weighted by Gasteiger charge is 2.11. The second kappa shape index (κ2) is 5.52. The van der Waals surface area contributed by atoms with Crippen LogP contribution >= 0.6 is 15.9 Å². The summed E-state index contributed by atoms with van der Waals surface area (Å²) in [5.41, 5.74) is 0.990. The number of hydrogen-bond donors (Lipinski definition) is 1. The zero-order chi connectivity index (χ0) is 14.0. The van der Waals surface area contributed by atoms with Gasteiger partial charge < -0.3 is 9.72 Å². The van der Waals surface area contributed by atoms with Crippen LogP contribution in [0.3, 0.4) is 0 Å². The number of aromatic nitrogens is 2. The molecule has 0 bridgehead atoms. The van der Waals surface area contributed by atoms with E-state index < -0.39 is 5.82 Å². The third-order valence-electron chi connectivity index (χ3n) is 2.69. The molecular formula is C13H12BrFN2O2. The largest absolute Gasteiger partial charge is 0.494 e. The molecule has 0 amide bonds. The molecule has 0 aliphatic rings. The van der Waals surface area contributed by atoms with Gasteiger partial charge in [0.15, 0.2) is 11.6 Å². The Labute approximate surface area is 117 Å². The highest BCUT2D eigenvalue weighted by atomic mass is 79.9. The SMILES string of the molecule is CCc1nc(-c2ccc(F)c(OC)c2)[nH]c(=O)c1Br. The van der Waals surface area contributed by atoms with Crippen LogP contribution < -0.4 is 10.3 Å². The molecule has 0 saturated heterocycles. The summed E-state index contributed by atoms with van der Waals surface area (Å²) < 4.78 is 18.7. The normalized spacial score (nSPS) is 10.5. The van der Waals surface area contributed by atoms with Gasteiger partial charge in [-0.25, -0.2) is 9.37 Å². The Morgan fingerprint density at radius 3 is 2.84 bits per heavy atom. The predicted molar refractivity (Wildman–Crippen MR) is 73.9 cm³/mol. The van der Waals surface area contributed by atoms with Crippen LogP contribution in [0.15, 0.2) is 27.5 Å². The number of rotatable bonds is 3. The van der Waals surface area contributed by atoms with E-state index in [1.807, 2.05) is 6.92 Å². The average molecular weight is 327 g/mol. The third kappa shape index (κ3) is 2.68. The van der Waals surface area contributed by atoms with E-state index in [-0.39, 0.29) is 11.3 Å². The fourth-order valence-electron chi connectivity index (χ4n) is 1.68. The maximum atomic E-state index is 13.3. The number of ether oxygens (including phenoxy) is 1. The molecule has 0 radical (unpaired) electrons. The van der Waals surface area contributed by atoms with E-state index >= 15 is 0 Å². The van der Waals surface area contributed by atoms with Gasteiger partial charge in [0.05, 0.1) is 12.8 Å². The van der Waals surface area contributed by atoms with Crippen molar-refractivity contribution < 1.29 is 9.13 Å². The summed E-state index contributed by atoms with van der Waals surface area (Å²) >= 11 is 3.20. The molecule has 0 aliphatic carbocycles. The van der Waals surface area contributed by atoms with Gasteiger partial charge >= 0.3 is 0 Å². The van der Waals surface area contributed by atoms with Crippen molar-refractivity contribution in [3.63, 3.8) is 0 Å². The number of aromatic amines is 1. The minimum atomic E-state index is -0.457. The summed E-state index contributed by atoms with van der Waals surface area (Å²) in [6.45, 7) is 1.90. The molecule has 1 aromatic heterocycles. The van der Waals surface area contributed by atoms with Crippen LogP contribution in [0.5, 0.6) is 5.75 Å². The van der Waals surface area contributed by atoms with E-state index in [0.29, 0.717) is 28.0 Å². The molecule has 2 rings (SSSR count). The van der Waals surface area contributed by atoms with Crippen molar-refractivity contribution in [2.24, 2.45) is 0 Å². The number of nitrogens with one attached hydrogen (secondary N) is 1. The topological polar surface area (TPSA) is 55.0 Å². The van der Waals surface area contributed by atoms with E-state index in [2.05, 4.69) is 25.9 Å².